The number of nitrogens with one attached hydrogen (secondary N) is 1. The van der Waals surface area contributed by atoms with Crippen LogP contribution in [0.15, 0.2) is 71.9 Å². The van der Waals surface area contributed by atoms with Crippen LogP contribution in [0.2, 0.25) is 0 Å². The molecule has 1 aliphatic rings. The molecule has 49 heavy (non-hydrogen) atoms. The van der Waals surface area contributed by atoms with E-state index >= 15 is 0 Å². The van der Waals surface area contributed by atoms with Crippen LogP contribution in [-0.2, 0) is 16.6 Å². The summed E-state index contributed by atoms with van der Waals surface area (Å²) in [6.07, 6.45) is 4.21. The van der Waals surface area contributed by atoms with Crippen molar-refractivity contribution < 1.29 is 17.9 Å². The van der Waals surface area contributed by atoms with Gasteiger partial charge in [-0.1, -0.05) is 65.8 Å². The van der Waals surface area contributed by atoms with Gasteiger partial charge in [-0.3, -0.25) is 9.78 Å². The summed E-state index contributed by atoms with van der Waals surface area (Å²) in [4.78, 5) is 32.1. The summed E-state index contributed by atoms with van der Waals surface area (Å²) in [6, 6.07) is 15.4. The molecule has 10 nitrogen and oxygen atoms in total. The van der Waals surface area contributed by atoms with Crippen LogP contribution in [0.3, 0.4) is 0 Å². The van der Waals surface area contributed by atoms with E-state index in [1.807, 2.05) is 45.3 Å². The Bertz CT molecular complexity index is 1930. The molecule has 260 valence electrons. The molecule has 4 bridgehead atoms. The summed E-state index contributed by atoms with van der Waals surface area (Å²) >= 11 is 0. The summed E-state index contributed by atoms with van der Waals surface area (Å²) in [6.45, 7) is 18.1. The summed E-state index contributed by atoms with van der Waals surface area (Å²) in [5, 5.41) is 0. The van der Waals surface area contributed by atoms with Gasteiger partial charge in [0.15, 0.2) is 0 Å². The van der Waals surface area contributed by atoms with Crippen LogP contribution in [0, 0.1) is 24.7 Å². The fraction of sp³-hybridized carbons (Fsp3) is 0.421. The van der Waals surface area contributed by atoms with Crippen LogP contribution in [0.5, 0.6) is 5.88 Å². The van der Waals surface area contributed by atoms with E-state index in [4.69, 9.17) is 4.74 Å². The van der Waals surface area contributed by atoms with Crippen molar-refractivity contribution in [3.05, 3.63) is 89.2 Å². The van der Waals surface area contributed by atoms with Crippen molar-refractivity contribution in [3.8, 4) is 17.1 Å². The van der Waals surface area contributed by atoms with Crippen molar-refractivity contribution >= 4 is 27.6 Å². The maximum atomic E-state index is 14.5. The predicted molar refractivity (Wildman–Crippen MR) is 194 cm³/mol. The maximum Gasteiger partial charge on any atom is 0.264 e. The van der Waals surface area contributed by atoms with E-state index in [1.165, 1.54) is 12.1 Å². The van der Waals surface area contributed by atoms with Gasteiger partial charge in [-0.05, 0) is 72.1 Å². The minimum Gasteiger partial charge on any atom is -0.475 e. The van der Waals surface area contributed by atoms with Crippen LogP contribution < -0.4 is 14.4 Å². The van der Waals surface area contributed by atoms with Crippen molar-refractivity contribution in [3.63, 3.8) is 0 Å². The smallest absolute Gasteiger partial charge is 0.264 e. The number of ether oxygens (including phenoxy) is 1. The molecule has 2 aromatic heterocycles. The first-order chi connectivity index (χ1) is 22.9. The first-order valence-electron chi connectivity index (χ1n) is 16.6. The van der Waals surface area contributed by atoms with E-state index in [9.17, 15) is 13.2 Å². The SMILES string of the molecule is Cc1cccc(C)c1-c1cc2nc(n1)NS(=O)(=O)c1cccc(c1)C(=O)N(Cc1cncc(N(C)CC(C)(C)C)c1)[C@H](CC(C)(C)C)CO2. The predicted octanol–water partition coefficient (Wildman–Crippen LogP) is 7.28. The molecule has 0 fully saturated rings. The fourth-order valence-corrected chi connectivity index (χ4v) is 7.30. The third-order valence-corrected chi connectivity index (χ3v) is 9.64. The van der Waals surface area contributed by atoms with Crippen molar-refractivity contribution in [2.75, 3.05) is 29.8 Å². The summed E-state index contributed by atoms with van der Waals surface area (Å²) < 4.78 is 36.4. The number of rotatable bonds is 6. The number of hydrogen-bond donors (Lipinski definition) is 1. The number of benzene rings is 2. The van der Waals surface area contributed by atoms with E-state index in [-0.39, 0.29) is 52.2 Å². The quantitative estimate of drug-likeness (QED) is 0.225. The Morgan fingerprint density at radius 1 is 0.939 bits per heavy atom. The van der Waals surface area contributed by atoms with E-state index < -0.39 is 16.1 Å². The zero-order chi connectivity index (χ0) is 35.7. The maximum absolute atomic E-state index is 14.5. The Balaban J connectivity index is 1.64. The number of carbonyl (C=O) groups is 1. The molecule has 0 saturated carbocycles. The van der Waals surface area contributed by atoms with Gasteiger partial charge in [0, 0.05) is 43.5 Å². The second kappa shape index (κ2) is 13.8. The lowest BCUT2D eigenvalue weighted by molar-refractivity contribution is 0.0513. The first-order valence-corrected chi connectivity index (χ1v) is 18.0. The van der Waals surface area contributed by atoms with Crippen molar-refractivity contribution in [2.45, 2.75) is 79.3 Å². The van der Waals surface area contributed by atoms with Crippen molar-refractivity contribution in [1.82, 2.24) is 19.9 Å². The molecule has 1 atom stereocenters. The monoisotopic (exact) mass is 684 g/mol. The van der Waals surface area contributed by atoms with E-state index in [0.29, 0.717) is 12.1 Å². The second-order valence-corrected chi connectivity index (χ2v) is 17.1. The fourth-order valence-electron chi connectivity index (χ4n) is 6.32. The van der Waals surface area contributed by atoms with Gasteiger partial charge in [0.2, 0.25) is 11.8 Å². The molecular formula is C38H48N6O4S. The molecule has 0 unspecified atom stereocenters. The number of carbonyl (C=O) groups excluding carboxylic acids is 1. The summed E-state index contributed by atoms with van der Waals surface area (Å²) in [7, 11) is -2.13. The lowest BCUT2D eigenvalue weighted by Gasteiger charge is -2.36. The molecule has 1 amide bonds. The van der Waals surface area contributed by atoms with E-state index in [2.05, 4.69) is 72.2 Å². The number of aromatic nitrogens is 3. The van der Waals surface area contributed by atoms with Gasteiger partial charge in [-0.15, -0.1) is 0 Å². The molecule has 2 aromatic carbocycles. The number of fused-ring (bicyclic) bond motifs is 4. The molecule has 0 radical (unpaired) electrons. The number of pyridine rings is 1. The summed E-state index contributed by atoms with van der Waals surface area (Å²) in [5.41, 5.74) is 5.30. The third kappa shape index (κ3) is 8.94. The van der Waals surface area contributed by atoms with Crippen molar-refractivity contribution in [2.24, 2.45) is 10.8 Å². The average molecular weight is 685 g/mol. The molecule has 0 spiro atoms. The summed E-state index contributed by atoms with van der Waals surface area (Å²) in [5.74, 6) is -0.218. The molecule has 3 heterocycles. The van der Waals surface area contributed by atoms with Gasteiger partial charge in [0.1, 0.15) is 6.61 Å². The second-order valence-electron chi connectivity index (χ2n) is 15.4. The minimum atomic E-state index is -4.17. The van der Waals surface area contributed by atoms with Gasteiger partial charge in [-0.25, -0.2) is 18.1 Å². The van der Waals surface area contributed by atoms with E-state index in [1.54, 1.807) is 29.3 Å². The lowest BCUT2D eigenvalue weighted by Crippen LogP contribution is -2.45. The minimum absolute atomic E-state index is 0.0686. The zero-order valence-electron chi connectivity index (χ0n) is 30.0. The molecule has 1 N–H and O–H groups in total. The Kier molecular flexibility index (Phi) is 10.1. The number of sulfonamides is 1. The van der Waals surface area contributed by atoms with Gasteiger partial charge < -0.3 is 14.5 Å². The number of anilines is 2. The average Bonchev–Trinajstić information content (AvgIpc) is 3.00. The highest BCUT2D eigenvalue weighted by atomic mass is 32.2. The molecule has 0 saturated heterocycles. The largest absolute Gasteiger partial charge is 0.475 e. The molecule has 11 heteroatoms. The Morgan fingerprint density at radius 2 is 1.63 bits per heavy atom. The van der Waals surface area contributed by atoms with Gasteiger partial charge in [-0.2, -0.15) is 4.98 Å². The standard InChI is InChI=1S/C38H48N6O4S/c1-25-12-10-13-26(2)34(25)32-18-33-41-36(40-32)42-49(46,47)31-15-11-14-28(17-31)35(45)44(30(23-48-33)19-37(3,4)5)22-27-16-29(21-39-20-27)43(9)24-38(6,7)8/h10-18,20-21,30H,19,22-24H2,1-9H3,(H,40,41,42)/t30-/m1/s1. The number of aryl methyl sites for hydroxylation is 2. The van der Waals surface area contributed by atoms with Crippen LogP contribution >= 0.6 is 0 Å². The molecular weight excluding hydrogens is 637 g/mol. The van der Waals surface area contributed by atoms with Crippen LogP contribution in [0.25, 0.3) is 11.3 Å². The molecule has 4 aromatic rings. The Hall–Kier alpha value is -4.51. The van der Waals surface area contributed by atoms with Gasteiger partial charge in [0.05, 0.1) is 28.5 Å². The van der Waals surface area contributed by atoms with Crippen LogP contribution in [-0.4, -0.2) is 60.4 Å². The van der Waals surface area contributed by atoms with Crippen LogP contribution in [0.4, 0.5) is 11.6 Å². The Morgan fingerprint density at radius 3 is 2.31 bits per heavy atom. The highest BCUT2D eigenvalue weighted by Crippen LogP contribution is 2.32. The number of amides is 1. The molecule has 0 aliphatic carbocycles. The van der Waals surface area contributed by atoms with Gasteiger partial charge in [0.25, 0.3) is 15.9 Å². The van der Waals surface area contributed by atoms with Crippen LogP contribution in [0.1, 0.15) is 75.0 Å². The third-order valence-electron chi connectivity index (χ3n) is 8.32. The van der Waals surface area contributed by atoms with Crippen molar-refractivity contribution in [1.29, 1.82) is 0 Å². The topological polar surface area (TPSA) is 118 Å². The molecule has 1 aliphatic heterocycles. The number of nitrogens with zero attached hydrogens (tertiary/aromatic N) is 5. The normalized spacial score (nSPS) is 16.5. The highest BCUT2D eigenvalue weighted by Gasteiger charge is 2.32. The first kappa shape index (κ1) is 35.8. The zero-order valence-corrected chi connectivity index (χ0v) is 30.9. The lowest BCUT2D eigenvalue weighted by atomic mass is 9.87. The van der Waals surface area contributed by atoms with E-state index in [0.717, 1.165) is 34.5 Å². The number of hydrogen-bond acceptors (Lipinski definition) is 8. The Labute approximate surface area is 291 Å². The van der Waals surface area contributed by atoms with Gasteiger partial charge >= 0.3 is 0 Å². The molecule has 5 rings (SSSR count). The highest BCUT2D eigenvalue weighted by molar-refractivity contribution is 7.92.